The largest absolute Gasteiger partial charge is 0.450 e. The molecule has 0 spiro atoms. The number of hydrogen-bond acceptors (Lipinski definition) is 3. The molecule has 1 heterocycles. The van der Waals surface area contributed by atoms with E-state index in [1.165, 1.54) is 6.07 Å². The molecule has 0 amide bonds. The van der Waals surface area contributed by atoms with Crippen molar-refractivity contribution < 1.29 is 12.8 Å². The maximum atomic E-state index is 10.2. The van der Waals surface area contributed by atoms with Gasteiger partial charge >= 0.3 is 0 Å². The van der Waals surface area contributed by atoms with Crippen LogP contribution in [0.1, 0.15) is 5.76 Å². The lowest BCUT2D eigenvalue weighted by Crippen LogP contribution is -1.70. The molecule has 1 aromatic rings. The van der Waals surface area contributed by atoms with Gasteiger partial charge in [0.15, 0.2) is 0 Å². The van der Waals surface area contributed by atoms with Crippen LogP contribution in [0.3, 0.4) is 0 Å². The molecule has 0 atom stereocenters. The molecule has 0 saturated carbocycles. The fraction of sp³-hybridized carbons (Fsp3) is 0.200. The Kier molecular flexibility index (Phi) is 1.57. The maximum absolute atomic E-state index is 10.2. The minimum Gasteiger partial charge on any atom is -0.450 e. The summed E-state index contributed by atoms with van der Waals surface area (Å²) in [5.41, 5.74) is 0. The van der Waals surface area contributed by atoms with Crippen LogP contribution in [0.25, 0.3) is 0 Å². The van der Waals surface area contributed by atoms with Crippen LogP contribution in [0.5, 0.6) is 0 Å². The van der Waals surface area contributed by atoms with Crippen molar-refractivity contribution in [2.75, 3.05) is 0 Å². The molecule has 0 bridgehead atoms. The fourth-order valence-corrected chi connectivity index (χ4v) is 0.935. The maximum Gasteiger partial charge on any atom is 0.215 e. The van der Waals surface area contributed by atoms with Gasteiger partial charge in [-0.25, -0.2) is 8.42 Å². The van der Waals surface area contributed by atoms with Gasteiger partial charge < -0.3 is 4.42 Å². The van der Waals surface area contributed by atoms with Crippen molar-refractivity contribution in [2.45, 2.75) is 12.0 Å². The van der Waals surface area contributed by atoms with Crippen molar-refractivity contribution in [2.24, 2.45) is 0 Å². The van der Waals surface area contributed by atoms with Crippen LogP contribution in [0.4, 0.5) is 0 Å². The summed E-state index contributed by atoms with van der Waals surface area (Å²) >= 11 is 0. The summed E-state index contributed by atoms with van der Waals surface area (Å²) in [6.45, 7) is 1.70. The van der Waals surface area contributed by atoms with Gasteiger partial charge in [0.05, 0.1) is 0 Å². The zero-order valence-corrected chi connectivity index (χ0v) is 5.72. The average molecular weight is 146 g/mol. The molecule has 50 valence electrons. The Morgan fingerprint density at radius 2 is 2.11 bits per heavy atom. The van der Waals surface area contributed by atoms with Gasteiger partial charge in [-0.3, -0.25) is 0 Å². The molecule has 1 rings (SSSR count). The summed E-state index contributed by atoms with van der Waals surface area (Å²) in [6, 6.07) is 3.04. The molecule has 0 unspecified atom stereocenters. The molecular formula is C5H6O3S. The van der Waals surface area contributed by atoms with Crippen molar-refractivity contribution >= 4 is 10.7 Å². The van der Waals surface area contributed by atoms with Crippen molar-refractivity contribution in [3.05, 3.63) is 17.9 Å². The minimum absolute atomic E-state index is 0.0301. The predicted molar refractivity (Wildman–Crippen MR) is 32.0 cm³/mol. The summed E-state index contributed by atoms with van der Waals surface area (Å²) in [6.07, 6.45) is 0. The molecule has 9 heavy (non-hydrogen) atoms. The van der Waals surface area contributed by atoms with Gasteiger partial charge in [-0.1, -0.05) is 0 Å². The summed E-state index contributed by atoms with van der Waals surface area (Å²) in [5, 5.41) is 0.0301. The number of hydrogen-bond donors (Lipinski definition) is 1. The Morgan fingerprint density at radius 1 is 1.44 bits per heavy atom. The Bertz CT molecular complexity index is 263. The lowest BCUT2D eigenvalue weighted by Gasteiger charge is -1.77. The third kappa shape index (κ3) is 1.32. The van der Waals surface area contributed by atoms with Crippen LogP contribution in [0.15, 0.2) is 21.6 Å². The zero-order chi connectivity index (χ0) is 6.85. The molecule has 0 radical (unpaired) electrons. The first-order chi connectivity index (χ1) is 4.20. The summed E-state index contributed by atoms with van der Waals surface area (Å²) < 4.78 is 25.1. The number of aryl methyl sites for hydroxylation is 1. The van der Waals surface area contributed by atoms with Crippen molar-refractivity contribution in [1.82, 2.24) is 0 Å². The topological polar surface area (TPSA) is 47.3 Å². The molecule has 1 aromatic heterocycles. The minimum atomic E-state index is -2.54. The van der Waals surface area contributed by atoms with E-state index in [1.807, 2.05) is 0 Å². The monoisotopic (exact) mass is 146 g/mol. The van der Waals surface area contributed by atoms with Gasteiger partial charge in [0.2, 0.25) is 15.8 Å². The Hall–Kier alpha value is -0.770. The zero-order valence-electron chi connectivity index (χ0n) is 4.83. The van der Waals surface area contributed by atoms with Gasteiger partial charge in [0, 0.05) is 0 Å². The van der Waals surface area contributed by atoms with E-state index < -0.39 is 10.7 Å². The summed E-state index contributed by atoms with van der Waals surface area (Å²) in [7, 11) is -2.54. The van der Waals surface area contributed by atoms with E-state index in [0.717, 1.165) is 0 Å². The number of thiol groups is 1. The smallest absolute Gasteiger partial charge is 0.215 e. The quantitative estimate of drug-likeness (QED) is 0.589. The normalized spacial score (nSPS) is 10.4. The van der Waals surface area contributed by atoms with Crippen LogP contribution in [-0.4, -0.2) is 8.42 Å². The first kappa shape index (κ1) is 6.35. The first-order valence-corrected chi connectivity index (χ1v) is 3.59. The molecule has 0 N–H and O–H groups in total. The summed E-state index contributed by atoms with van der Waals surface area (Å²) in [5.74, 6) is 0.615. The molecular weight excluding hydrogens is 140 g/mol. The van der Waals surface area contributed by atoms with Gasteiger partial charge in [0.25, 0.3) is 0 Å². The van der Waals surface area contributed by atoms with Crippen molar-refractivity contribution in [3.63, 3.8) is 0 Å². The lowest BCUT2D eigenvalue weighted by molar-refractivity contribution is 0.434. The molecule has 0 aliphatic carbocycles. The van der Waals surface area contributed by atoms with Crippen molar-refractivity contribution in [1.29, 1.82) is 0 Å². The highest BCUT2D eigenvalue weighted by molar-refractivity contribution is 7.72. The lowest BCUT2D eigenvalue weighted by atomic mass is 10.5. The van der Waals surface area contributed by atoms with Gasteiger partial charge in [-0.2, -0.15) is 0 Å². The third-order valence-electron chi connectivity index (χ3n) is 0.906. The number of rotatable bonds is 1. The highest BCUT2D eigenvalue weighted by Gasteiger charge is 1.97. The first-order valence-electron chi connectivity index (χ1n) is 2.41. The molecule has 3 nitrogen and oxygen atoms in total. The van der Waals surface area contributed by atoms with E-state index >= 15 is 0 Å². The second kappa shape index (κ2) is 2.23. The van der Waals surface area contributed by atoms with Crippen LogP contribution >= 0.6 is 0 Å². The molecule has 4 heteroatoms. The van der Waals surface area contributed by atoms with E-state index in [0.29, 0.717) is 5.76 Å². The fourth-order valence-electron chi connectivity index (χ4n) is 0.520. The SMILES string of the molecule is Cc1ccc([SH](=O)=O)o1. The average Bonchev–Trinajstić information content (AvgIpc) is 2.14. The number of furan rings is 1. The van der Waals surface area contributed by atoms with Crippen LogP contribution < -0.4 is 0 Å². The van der Waals surface area contributed by atoms with Crippen LogP contribution in [0, 0.1) is 6.92 Å². The van der Waals surface area contributed by atoms with Crippen molar-refractivity contribution in [3.8, 4) is 0 Å². The Morgan fingerprint density at radius 3 is 2.33 bits per heavy atom. The predicted octanol–water partition coefficient (Wildman–Crippen LogP) is 0.558. The molecule has 0 aliphatic heterocycles. The Balaban J connectivity index is 3.12. The highest BCUT2D eigenvalue weighted by Crippen LogP contribution is 2.06. The van der Waals surface area contributed by atoms with E-state index in [1.54, 1.807) is 13.0 Å². The van der Waals surface area contributed by atoms with Crippen LogP contribution in [0.2, 0.25) is 0 Å². The van der Waals surface area contributed by atoms with E-state index in [4.69, 9.17) is 4.42 Å². The second-order valence-corrected chi connectivity index (χ2v) is 2.60. The summed E-state index contributed by atoms with van der Waals surface area (Å²) in [4.78, 5) is 0. The van der Waals surface area contributed by atoms with E-state index in [9.17, 15) is 8.42 Å². The van der Waals surface area contributed by atoms with Crippen LogP contribution in [-0.2, 0) is 10.7 Å². The standard InChI is InChI=1S/C5H6O3S/c1-4-2-3-5(8-4)9(6)7/h2-3,9H,1H3. The third-order valence-corrected chi connectivity index (χ3v) is 1.51. The second-order valence-electron chi connectivity index (χ2n) is 1.64. The Labute approximate surface area is 54.2 Å². The van der Waals surface area contributed by atoms with Gasteiger partial charge in [-0.15, -0.1) is 0 Å². The molecule has 0 aliphatic rings. The molecule has 0 aromatic carbocycles. The van der Waals surface area contributed by atoms with E-state index in [2.05, 4.69) is 0 Å². The molecule has 0 fully saturated rings. The van der Waals surface area contributed by atoms with Gasteiger partial charge in [-0.05, 0) is 19.1 Å². The highest BCUT2D eigenvalue weighted by atomic mass is 32.2. The van der Waals surface area contributed by atoms with Gasteiger partial charge in [0.1, 0.15) is 5.76 Å². The van der Waals surface area contributed by atoms with E-state index in [-0.39, 0.29) is 5.09 Å². The molecule has 0 saturated heterocycles.